The fourth-order valence-corrected chi connectivity index (χ4v) is 4.92. The maximum absolute atomic E-state index is 12.6. The van der Waals surface area contributed by atoms with Gasteiger partial charge in [-0.25, -0.2) is 9.78 Å². The number of carbonyl (C=O) groups excluding carboxylic acids is 1. The van der Waals surface area contributed by atoms with Crippen molar-refractivity contribution in [3.8, 4) is 0 Å². The summed E-state index contributed by atoms with van der Waals surface area (Å²) in [7, 11) is 1.71. The van der Waals surface area contributed by atoms with Crippen LogP contribution in [0.1, 0.15) is 17.3 Å². The van der Waals surface area contributed by atoms with Crippen LogP contribution in [0.4, 0.5) is 16.5 Å². The molecule has 2 heterocycles. The lowest BCUT2D eigenvalue weighted by Gasteiger charge is -2.42. The number of carbonyl (C=O) groups is 2. The molecule has 2 unspecified atom stereocenters. The molecule has 33 heavy (non-hydrogen) atoms. The highest BCUT2D eigenvalue weighted by atomic mass is 35.5. The summed E-state index contributed by atoms with van der Waals surface area (Å²) in [5.41, 5.74) is 7.59. The van der Waals surface area contributed by atoms with Crippen molar-refractivity contribution in [2.45, 2.75) is 24.9 Å². The Kier molecular flexibility index (Phi) is 6.06. The fraction of sp³-hybridized carbons (Fsp3) is 0.286. The number of carboxylic acids is 1. The molecule has 0 bridgehead atoms. The molecule has 0 saturated heterocycles. The maximum atomic E-state index is 12.6. The van der Waals surface area contributed by atoms with Crippen LogP contribution in [0.5, 0.6) is 0 Å². The summed E-state index contributed by atoms with van der Waals surface area (Å²) in [6.07, 6.45) is -2.01. The lowest BCUT2D eigenvalue weighted by molar-refractivity contribution is -0.138. The van der Waals surface area contributed by atoms with Crippen molar-refractivity contribution in [2.75, 3.05) is 29.2 Å². The predicted octanol–water partition coefficient (Wildman–Crippen LogP) is 2.53. The average molecular weight is 492 g/mol. The second kappa shape index (κ2) is 8.67. The van der Waals surface area contributed by atoms with Gasteiger partial charge in [-0.2, -0.15) is 0 Å². The highest BCUT2D eigenvalue weighted by Crippen LogP contribution is 2.43. The number of aliphatic hydroxyl groups is 1. The highest BCUT2D eigenvalue weighted by Gasteiger charge is 2.53. The first-order valence-electron chi connectivity index (χ1n) is 9.94. The zero-order chi connectivity index (χ0) is 23.9. The number of hydrogen-bond acceptors (Lipinski definition) is 9. The molecule has 2 aromatic carbocycles. The number of nitrogens with two attached hydrogens (primary N) is 1. The van der Waals surface area contributed by atoms with E-state index in [1.165, 1.54) is 23.5 Å². The van der Waals surface area contributed by atoms with E-state index >= 15 is 0 Å². The monoisotopic (exact) mass is 491 g/mol. The van der Waals surface area contributed by atoms with Crippen molar-refractivity contribution in [1.29, 1.82) is 0 Å². The maximum Gasteiger partial charge on any atom is 0.335 e. The van der Waals surface area contributed by atoms with Crippen LogP contribution in [-0.2, 0) is 9.53 Å². The molecule has 3 atom stereocenters. The smallest absolute Gasteiger partial charge is 0.335 e. The van der Waals surface area contributed by atoms with Crippen molar-refractivity contribution in [3.05, 3.63) is 47.0 Å². The molecule has 1 aliphatic heterocycles. The number of anilines is 3. The first-order valence-corrected chi connectivity index (χ1v) is 11.1. The van der Waals surface area contributed by atoms with Crippen molar-refractivity contribution in [2.24, 2.45) is 5.73 Å². The number of aromatic carboxylic acids is 1. The van der Waals surface area contributed by atoms with E-state index in [-0.39, 0.29) is 12.2 Å². The van der Waals surface area contributed by atoms with E-state index in [1.807, 2.05) is 0 Å². The first kappa shape index (κ1) is 23.1. The van der Waals surface area contributed by atoms with Crippen LogP contribution in [0.25, 0.3) is 10.2 Å². The fourth-order valence-electron chi connectivity index (χ4n) is 3.72. The molecule has 1 amide bonds. The van der Waals surface area contributed by atoms with Gasteiger partial charge in [-0.05, 0) is 43.3 Å². The lowest BCUT2D eigenvalue weighted by Crippen LogP contribution is -2.68. The van der Waals surface area contributed by atoms with Crippen molar-refractivity contribution < 1.29 is 24.5 Å². The number of halogens is 1. The molecule has 0 fully saturated rings. The van der Waals surface area contributed by atoms with Gasteiger partial charge in [0.2, 0.25) is 5.79 Å². The molecular formula is C21H22ClN5O5S. The van der Waals surface area contributed by atoms with E-state index in [4.69, 9.17) is 22.1 Å². The van der Waals surface area contributed by atoms with Gasteiger partial charge in [-0.1, -0.05) is 22.9 Å². The molecule has 4 rings (SSSR count). The Balaban J connectivity index is 1.82. The Morgan fingerprint density at radius 1 is 1.36 bits per heavy atom. The second-order valence-electron chi connectivity index (χ2n) is 7.66. The van der Waals surface area contributed by atoms with Gasteiger partial charge in [-0.15, -0.1) is 0 Å². The number of primary amides is 1. The Hall–Kier alpha value is -3.12. The van der Waals surface area contributed by atoms with Crippen LogP contribution in [0.2, 0.25) is 5.02 Å². The third-order valence-electron chi connectivity index (χ3n) is 5.37. The van der Waals surface area contributed by atoms with Crippen LogP contribution in [-0.4, -0.2) is 58.7 Å². The number of ether oxygens (including phenoxy) is 1. The number of nitrogens with one attached hydrogen (secondary N) is 2. The van der Waals surface area contributed by atoms with E-state index in [0.717, 1.165) is 4.70 Å². The molecule has 174 valence electrons. The van der Waals surface area contributed by atoms with Crippen LogP contribution >= 0.6 is 22.9 Å². The number of likely N-dealkylation sites (N-methyl/N-ethyl adjacent to an activating group) is 1. The number of hydrogen-bond donors (Lipinski definition) is 5. The summed E-state index contributed by atoms with van der Waals surface area (Å²) in [4.78, 5) is 30.4. The van der Waals surface area contributed by atoms with E-state index in [2.05, 4.69) is 15.6 Å². The summed E-state index contributed by atoms with van der Waals surface area (Å²) in [6.45, 7) is 1.27. The van der Waals surface area contributed by atoms with Gasteiger partial charge in [0, 0.05) is 12.1 Å². The summed E-state index contributed by atoms with van der Waals surface area (Å²) in [6, 6.07) is 9.84. The summed E-state index contributed by atoms with van der Waals surface area (Å²) >= 11 is 7.42. The van der Waals surface area contributed by atoms with Crippen LogP contribution in [0.3, 0.4) is 0 Å². The van der Waals surface area contributed by atoms with E-state index in [9.17, 15) is 19.8 Å². The Morgan fingerprint density at radius 3 is 2.79 bits per heavy atom. The summed E-state index contributed by atoms with van der Waals surface area (Å²) in [5.74, 6) is -3.35. The molecule has 1 aliphatic rings. The molecular weight excluding hydrogens is 470 g/mol. The van der Waals surface area contributed by atoms with Gasteiger partial charge < -0.3 is 36.2 Å². The molecule has 12 heteroatoms. The number of thiazole rings is 1. The minimum absolute atomic E-state index is 0.0698. The minimum atomic E-state index is -1.47. The second-order valence-corrected chi connectivity index (χ2v) is 9.12. The third-order valence-corrected chi connectivity index (χ3v) is 6.54. The number of nitrogens with zero attached hydrogens (tertiary/aromatic N) is 2. The van der Waals surface area contributed by atoms with Crippen molar-refractivity contribution >= 4 is 61.5 Å². The number of carboxylic acid groups (broad SMARTS) is 1. The van der Waals surface area contributed by atoms with Gasteiger partial charge >= 0.3 is 5.97 Å². The van der Waals surface area contributed by atoms with E-state index in [1.54, 1.807) is 43.1 Å². The van der Waals surface area contributed by atoms with Crippen LogP contribution in [0, 0.1) is 0 Å². The molecule has 3 aromatic rings. The molecule has 0 saturated carbocycles. The van der Waals surface area contributed by atoms with E-state index in [0.29, 0.717) is 27.0 Å². The highest BCUT2D eigenvalue weighted by molar-refractivity contribution is 7.22. The quantitative estimate of drug-likeness (QED) is 0.320. The first-order chi connectivity index (χ1) is 15.6. The Morgan fingerprint density at radius 2 is 2.12 bits per heavy atom. The molecule has 0 radical (unpaired) electrons. The van der Waals surface area contributed by atoms with E-state index < -0.39 is 29.9 Å². The molecule has 10 nitrogen and oxygen atoms in total. The van der Waals surface area contributed by atoms with Crippen LogP contribution < -0.4 is 21.3 Å². The van der Waals surface area contributed by atoms with Crippen molar-refractivity contribution in [1.82, 2.24) is 4.98 Å². The number of aromatic nitrogens is 1. The van der Waals surface area contributed by atoms with Gasteiger partial charge in [-0.3, -0.25) is 4.79 Å². The topological polar surface area (TPSA) is 150 Å². The lowest BCUT2D eigenvalue weighted by atomic mass is 10.1. The van der Waals surface area contributed by atoms with Gasteiger partial charge in [0.1, 0.15) is 0 Å². The summed E-state index contributed by atoms with van der Waals surface area (Å²) < 4.78 is 6.67. The summed E-state index contributed by atoms with van der Waals surface area (Å²) in [5, 5.41) is 26.4. The number of rotatable bonds is 8. The van der Waals surface area contributed by atoms with Gasteiger partial charge in [0.05, 0.1) is 39.9 Å². The third kappa shape index (κ3) is 4.15. The number of fused-ring (bicyclic) bond motifs is 2. The molecule has 0 aliphatic carbocycles. The molecule has 1 aromatic heterocycles. The van der Waals surface area contributed by atoms with Crippen LogP contribution in [0.15, 0.2) is 36.4 Å². The zero-order valence-electron chi connectivity index (χ0n) is 17.7. The number of benzene rings is 2. The standard InChI is InChI=1S/C21H22ClN5O5S/c1-10(9-28)32-17(18(23)29)21(26-20-24-13-5-4-12(22)8-16(13)33-20)25-14-7-11(19(30)31)3-6-15(14)27(21)2/h3-8,10,17,25,28H,9H2,1-2H3,(H2,23,29)(H,24,26)(H,30,31)/t10-,17?,21?/m1/s1. The van der Waals surface area contributed by atoms with Crippen molar-refractivity contribution in [3.63, 3.8) is 0 Å². The molecule has 6 N–H and O–H groups in total. The predicted molar refractivity (Wildman–Crippen MR) is 127 cm³/mol. The van der Waals surface area contributed by atoms with Gasteiger partial charge in [0.15, 0.2) is 11.2 Å². The number of aliphatic hydroxyl groups excluding tert-OH is 1. The number of amides is 1. The minimum Gasteiger partial charge on any atom is -0.478 e. The SMILES string of the molecule is C[C@H](CO)OC(C(N)=O)C1(Nc2nc3ccc(Cl)cc3s2)Nc2cc(C(=O)O)ccc2N1C. The Labute approximate surface area is 197 Å². The average Bonchev–Trinajstić information content (AvgIpc) is 3.28. The largest absolute Gasteiger partial charge is 0.478 e. The molecule has 0 spiro atoms. The van der Waals surface area contributed by atoms with Gasteiger partial charge in [0.25, 0.3) is 5.91 Å². The Bertz CT molecular complexity index is 1240. The normalized spacial score (nSPS) is 19.1. The zero-order valence-corrected chi connectivity index (χ0v) is 19.3.